The van der Waals surface area contributed by atoms with Gasteiger partial charge in [0.2, 0.25) is 0 Å². The molecule has 0 saturated carbocycles. The molecule has 0 unspecified atom stereocenters. The lowest BCUT2D eigenvalue weighted by atomic mass is 10.1. The van der Waals surface area contributed by atoms with Crippen molar-refractivity contribution in [2.45, 2.75) is 25.8 Å². The van der Waals surface area contributed by atoms with E-state index in [1.54, 1.807) is 0 Å². The Morgan fingerprint density at radius 2 is 2.08 bits per heavy atom. The molecule has 2 aliphatic rings. The summed E-state index contributed by atoms with van der Waals surface area (Å²) < 4.78 is 0. The lowest BCUT2D eigenvalue weighted by Gasteiger charge is -2.19. The maximum atomic E-state index is 12.3. The van der Waals surface area contributed by atoms with Gasteiger partial charge < -0.3 is 15.5 Å². The number of benzene rings is 1. The smallest absolute Gasteiger partial charge is 0.272 e. The Labute approximate surface area is 165 Å². The predicted molar refractivity (Wildman–Crippen MR) is 108 cm³/mol. The summed E-state index contributed by atoms with van der Waals surface area (Å²) in [5, 5.41) is 13.5. The van der Waals surface area contributed by atoms with Gasteiger partial charge in [0.05, 0.1) is 0 Å². The molecule has 0 saturated heterocycles. The summed E-state index contributed by atoms with van der Waals surface area (Å²) in [6.45, 7) is 4.38. The van der Waals surface area contributed by atoms with Crippen LogP contribution in [-0.2, 0) is 19.4 Å². The molecule has 2 aromatic rings. The molecule has 0 atom stereocenters. The van der Waals surface area contributed by atoms with Gasteiger partial charge in [0.1, 0.15) is 0 Å². The van der Waals surface area contributed by atoms with Gasteiger partial charge in [0.25, 0.3) is 5.91 Å². The first kappa shape index (κ1) is 20.6. The average molecular weight is 398 g/mol. The van der Waals surface area contributed by atoms with E-state index in [4.69, 9.17) is 0 Å². The predicted octanol–water partition coefficient (Wildman–Crippen LogP) is 2.08. The Bertz CT molecular complexity index is 749. The molecule has 0 spiro atoms. The van der Waals surface area contributed by atoms with Gasteiger partial charge in [-0.3, -0.25) is 9.89 Å². The first-order chi connectivity index (χ1) is 11.8. The minimum atomic E-state index is -0.0713. The number of halogens is 2. The van der Waals surface area contributed by atoms with E-state index < -0.39 is 0 Å². The van der Waals surface area contributed by atoms with Gasteiger partial charge in [0, 0.05) is 56.1 Å². The highest BCUT2D eigenvalue weighted by atomic mass is 35.5. The number of hydrogen-bond acceptors (Lipinski definition) is 4. The van der Waals surface area contributed by atoms with Crippen LogP contribution in [0.15, 0.2) is 24.3 Å². The molecule has 3 heterocycles. The molecule has 2 aliphatic heterocycles. The lowest BCUT2D eigenvalue weighted by Crippen LogP contribution is -2.31. The van der Waals surface area contributed by atoms with E-state index in [2.05, 4.69) is 50.0 Å². The highest BCUT2D eigenvalue weighted by molar-refractivity contribution is 5.94. The third-order valence-corrected chi connectivity index (χ3v) is 4.90. The highest BCUT2D eigenvalue weighted by Gasteiger charge is 2.21. The summed E-state index contributed by atoms with van der Waals surface area (Å²) in [6, 6.07) is 8.57. The van der Waals surface area contributed by atoms with Gasteiger partial charge in [-0.05, 0) is 24.5 Å². The van der Waals surface area contributed by atoms with E-state index in [-0.39, 0.29) is 30.7 Å². The van der Waals surface area contributed by atoms with Crippen molar-refractivity contribution >= 4 is 36.4 Å². The summed E-state index contributed by atoms with van der Waals surface area (Å²) in [5.74, 6) is -0.0713. The van der Waals surface area contributed by atoms with Gasteiger partial charge in [-0.1, -0.05) is 18.2 Å². The third-order valence-electron chi connectivity index (χ3n) is 4.90. The van der Waals surface area contributed by atoms with E-state index in [9.17, 15) is 4.79 Å². The van der Waals surface area contributed by atoms with E-state index in [0.29, 0.717) is 12.2 Å². The normalized spacial score (nSPS) is 14.7. The number of carbonyl (C=O) groups is 1. The minimum Gasteiger partial charge on any atom is -0.371 e. The molecule has 1 aromatic heterocycles. The number of carbonyl (C=O) groups excluding carboxylic acids is 1. The molecule has 0 aliphatic carbocycles. The monoisotopic (exact) mass is 397 g/mol. The number of para-hydroxylation sites is 1. The first-order valence-corrected chi connectivity index (χ1v) is 8.71. The van der Waals surface area contributed by atoms with Crippen molar-refractivity contribution in [3.63, 3.8) is 0 Å². The number of H-pyrrole nitrogens is 1. The Hall–Kier alpha value is -1.76. The molecule has 6 nitrogen and oxygen atoms in total. The molecular formula is C18H25Cl2N5O. The quantitative estimate of drug-likeness (QED) is 0.675. The Kier molecular flexibility index (Phi) is 7.32. The molecular weight excluding hydrogens is 373 g/mol. The third kappa shape index (κ3) is 4.14. The van der Waals surface area contributed by atoms with Crippen molar-refractivity contribution in [2.24, 2.45) is 0 Å². The molecule has 3 N–H and O–H groups in total. The van der Waals surface area contributed by atoms with Crippen molar-refractivity contribution in [1.82, 2.24) is 20.8 Å². The summed E-state index contributed by atoms with van der Waals surface area (Å²) in [7, 11) is 0. The average Bonchev–Trinajstić information content (AvgIpc) is 3.23. The number of amides is 1. The zero-order chi connectivity index (χ0) is 16.4. The second-order valence-corrected chi connectivity index (χ2v) is 6.43. The molecule has 0 bridgehead atoms. The van der Waals surface area contributed by atoms with Crippen LogP contribution in [0.2, 0.25) is 0 Å². The van der Waals surface area contributed by atoms with Crippen molar-refractivity contribution in [3.05, 3.63) is 46.8 Å². The van der Waals surface area contributed by atoms with Gasteiger partial charge in [-0.15, -0.1) is 24.8 Å². The number of nitrogens with zero attached hydrogens (tertiary/aromatic N) is 2. The summed E-state index contributed by atoms with van der Waals surface area (Å²) in [5.41, 5.74) is 5.43. The molecule has 142 valence electrons. The second kappa shape index (κ2) is 9.26. The van der Waals surface area contributed by atoms with E-state index in [1.807, 2.05) is 0 Å². The van der Waals surface area contributed by atoms with Crippen LogP contribution < -0.4 is 15.5 Å². The van der Waals surface area contributed by atoms with Crippen LogP contribution in [-0.4, -0.2) is 42.3 Å². The Morgan fingerprint density at radius 1 is 1.23 bits per heavy atom. The maximum Gasteiger partial charge on any atom is 0.272 e. The molecule has 4 rings (SSSR count). The Morgan fingerprint density at radius 3 is 2.96 bits per heavy atom. The van der Waals surface area contributed by atoms with Crippen LogP contribution in [0.25, 0.3) is 0 Å². The largest absolute Gasteiger partial charge is 0.371 e. The maximum absolute atomic E-state index is 12.3. The van der Waals surface area contributed by atoms with Gasteiger partial charge in [0.15, 0.2) is 5.69 Å². The molecule has 8 heteroatoms. The van der Waals surface area contributed by atoms with E-state index >= 15 is 0 Å². The molecule has 26 heavy (non-hydrogen) atoms. The Balaban J connectivity index is 0.00000121. The fourth-order valence-corrected chi connectivity index (χ4v) is 3.61. The number of aromatic amines is 1. The zero-order valence-electron chi connectivity index (χ0n) is 14.6. The van der Waals surface area contributed by atoms with Crippen molar-refractivity contribution < 1.29 is 4.79 Å². The summed E-state index contributed by atoms with van der Waals surface area (Å²) in [6.07, 6.45) is 2.96. The minimum absolute atomic E-state index is 0. The first-order valence-electron chi connectivity index (χ1n) is 8.71. The number of aromatic nitrogens is 2. The van der Waals surface area contributed by atoms with E-state index in [1.165, 1.54) is 11.3 Å². The fraction of sp³-hybridized carbons (Fsp3) is 0.444. The SMILES string of the molecule is Cl.Cl.O=C(NCCCN1CCc2ccccc21)c1n[nH]c2c1CNCC2. The number of rotatable bonds is 5. The highest BCUT2D eigenvalue weighted by Crippen LogP contribution is 2.27. The molecule has 1 amide bonds. The van der Waals surface area contributed by atoms with Gasteiger partial charge >= 0.3 is 0 Å². The van der Waals surface area contributed by atoms with Crippen LogP contribution in [0.4, 0.5) is 5.69 Å². The number of hydrogen-bond donors (Lipinski definition) is 3. The molecule has 0 fully saturated rings. The van der Waals surface area contributed by atoms with Crippen LogP contribution in [0.1, 0.15) is 33.7 Å². The standard InChI is InChI=1S/C18H23N5O.2ClH/c24-18(17-14-12-19-9-6-15(14)21-22-17)20-8-3-10-23-11-7-13-4-1-2-5-16(13)23;;/h1-2,4-5,19H,3,6-12H2,(H,20,24)(H,21,22);2*1H. The van der Waals surface area contributed by atoms with E-state index in [0.717, 1.165) is 56.7 Å². The van der Waals surface area contributed by atoms with Crippen molar-refractivity contribution in [2.75, 3.05) is 31.1 Å². The number of nitrogens with one attached hydrogen (secondary N) is 3. The number of anilines is 1. The van der Waals surface area contributed by atoms with Crippen LogP contribution in [0.5, 0.6) is 0 Å². The van der Waals surface area contributed by atoms with Crippen LogP contribution in [0.3, 0.4) is 0 Å². The summed E-state index contributed by atoms with van der Waals surface area (Å²) in [4.78, 5) is 14.7. The van der Waals surface area contributed by atoms with Crippen LogP contribution in [0, 0.1) is 0 Å². The van der Waals surface area contributed by atoms with Gasteiger partial charge in [-0.25, -0.2) is 0 Å². The van der Waals surface area contributed by atoms with Gasteiger partial charge in [-0.2, -0.15) is 5.10 Å². The summed E-state index contributed by atoms with van der Waals surface area (Å²) >= 11 is 0. The topological polar surface area (TPSA) is 73.0 Å². The fourth-order valence-electron chi connectivity index (χ4n) is 3.61. The second-order valence-electron chi connectivity index (χ2n) is 6.43. The zero-order valence-corrected chi connectivity index (χ0v) is 16.2. The lowest BCUT2D eigenvalue weighted by molar-refractivity contribution is 0.0947. The van der Waals surface area contributed by atoms with Crippen LogP contribution >= 0.6 is 24.8 Å². The molecule has 1 aromatic carbocycles. The van der Waals surface area contributed by atoms with Crippen molar-refractivity contribution in [1.29, 1.82) is 0 Å². The number of fused-ring (bicyclic) bond motifs is 2. The van der Waals surface area contributed by atoms with Crippen molar-refractivity contribution in [3.8, 4) is 0 Å². The molecule has 0 radical (unpaired) electrons.